The van der Waals surface area contributed by atoms with Crippen molar-refractivity contribution in [2.24, 2.45) is 11.8 Å². The third kappa shape index (κ3) is 5.05. The van der Waals surface area contributed by atoms with Gasteiger partial charge in [-0.1, -0.05) is 26.2 Å². The lowest BCUT2D eigenvalue weighted by Crippen LogP contribution is -2.35. The van der Waals surface area contributed by atoms with Crippen molar-refractivity contribution >= 4 is 33.2 Å². The SMILES string of the molecule is CC(CNC(=O)CCC1CCC1)CNC(=O)c1ccc2sccc2c1. The second kappa shape index (κ2) is 8.48. The van der Waals surface area contributed by atoms with Crippen molar-refractivity contribution in [3.05, 3.63) is 35.2 Å². The molecule has 4 nitrogen and oxygen atoms in total. The van der Waals surface area contributed by atoms with Gasteiger partial charge in [0.1, 0.15) is 0 Å². The maximum atomic E-state index is 12.3. The summed E-state index contributed by atoms with van der Waals surface area (Å²) in [5.74, 6) is 1.05. The summed E-state index contributed by atoms with van der Waals surface area (Å²) in [6, 6.07) is 7.80. The quantitative estimate of drug-likeness (QED) is 0.750. The van der Waals surface area contributed by atoms with Gasteiger partial charge in [0.2, 0.25) is 5.91 Å². The smallest absolute Gasteiger partial charge is 0.251 e. The van der Waals surface area contributed by atoms with E-state index in [0.717, 1.165) is 17.7 Å². The van der Waals surface area contributed by atoms with Gasteiger partial charge in [-0.05, 0) is 53.3 Å². The van der Waals surface area contributed by atoms with Crippen LogP contribution in [0.15, 0.2) is 29.6 Å². The predicted molar refractivity (Wildman–Crippen MR) is 103 cm³/mol. The van der Waals surface area contributed by atoms with Gasteiger partial charge in [-0.15, -0.1) is 11.3 Å². The van der Waals surface area contributed by atoms with Gasteiger partial charge < -0.3 is 10.6 Å². The third-order valence-electron chi connectivity index (χ3n) is 4.98. The molecule has 1 saturated carbocycles. The van der Waals surface area contributed by atoms with E-state index < -0.39 is 0 Å². The molecule has 0 aliphatic heterocycles. The van der Waals surface area contributed by atoms with Crippen LogP contribution in [0.5, 0.6) is 0 Å². The molecule has 1 heterocycles. The van der Waals surface area contributed by atoms with Crippen LogP contribution in [0.1, 0.15) is 49.4 Å². The highest BCUT2D eigenvalue weighted by Crippen LogP contribution is 2.30. The largest absolute Gasteiger partial charge is 0.356 e. The highest BCUT2D eigenvalue weighted by Gasteiger charge is 2.18. The van der Waals surface area contributed by atoms with Gasteiger partial charge in [-0.25, -0.2) is 0 Å². The van der Waals surface area contributed by atoms with Crippen molar-refractivity contribution in [3.8, 4) is 0 Å². The van der Waals surface area contributed by atoms with Crippen molar-refractivity contribution in [1.82, 2.24) is 10.6 Å². The summed E-state index contributed by atoms with van der Waals surface area (Å²) in [6.45, 7) is 3.20. The molecule has 1 atom stereocenters. The number of hydrogen-bond acceptors (Lipinski definition) is 3. The highest BCUT2D eigenvalue weighted by molar-refractivity contribution is 7.17. The first-order valence-electron chi connectivity index (χ1n) is 9.14. The normalized spacial score (nSPS) is 15.6. The molecule has 3 rings (SSSR count). The summed E-state index contributed by atoms with van der Waals surface area (Å²) < 4.78 is 1.19. The van der Waals surface area contributed by atoms with Gasteiger partial charge in [0.25, 0.3) is 5.91 Å². The molecule has 25 heavy (non-hydrogen) atoms. The highest BCUT2D eigenvalue weighted by atomic mass is 32.1. The number of benzene rings is 1. The molecule has 0 saturated heterocycles. The molecule has 2 amide bonds. The fourth-order valence-electron chi connectivity index (χ4n) is 3.04. The van der Waals surface area contributed by atoms with Gasteiger partial charge in [0.05, 0.1) is 0 Å². The summed E-state index contributed by atoms with van der Waals surface area (Å²) in [7, 11) is 0. The lowest BCUT2D eigenvalue weighted by molar-refractivity contribution is -0.121. The van der Waals surface area contributed by atoms with Crippen LogP contribution in [0.3, 0.4) is 0 Å². The van der Waals surface area contributed by atoms with Crippen LogP contribution in [0.2, 0.25) is 0 Å². The molecule has 1 aliphatic carbocycles. The Morgan fingerprint density at radius 2 is 2.00 bits per heavy atom. The molecule has 5 heteroatoms. The Hall–Kier alpha value is -1.88. The topological polar surface area (TPSA) is 58.2 Å². The van der Waals surface area contributed by atoms with Gasteiger partial charge in [-0.2, -0.15) is 0 Å². The molecule has 1 aromatic carbocycles. The first-order chi connectivity index (χ1) is 12.1. The van der Waals surface area contributed by atoms with Crippen LogP contribution in [0.4, 0.5) is 0 Å². The average Bonchev–Trinajstić information content (AvgIpc) is 3.04. The third-order valence-corrected chi connectivity index (χ3v) is 5.88. The van der Waals surface area contributed by atoms with Crippen LogP contribution in [-0.2, 0) is 4.79 Å². The van der Waals surface area contributed by atoms with Crippen LogP contribution in [-0.4, -0.2) is 24.9 Å². The number of nitrogens with one attached hydrogen (secondary N) is 2. The van der Waals surface area contributed by atoms with Crippen molar-refractivity contribution < 1.29 is 9.59 Å². The Bertz CT molecular complexity index is 736. The molecular weight excluding hydrogens is 332 g/mol. The molecule has 2 aromatic rings. The summed E-state index contributed by atoms with van der Waals surface area (Å²) in [4.78, 5) is 24.1. The summed E-state index contributed by atoms with van der Waals surface area (Å²) in [5, 5.41) is 9.07. The summed E-state index contributed by atoms with van der Waals surface area (Å²) in [6.07, 6.45) is 5.54. The molecule has 1 fully saturated rings. The Morgan fingerprint density at radius 1 is 1.20 bits per heavy atom. The van der Waals surface area contributed by atoms with E-state index in [0.29, 0.717) is 25.1 Å². The number of hydrogen-bond donors (Lipinski definition) is 2. The second-order valence-electron chi connectivity index (χ2n) is 7.13. The van der Waals surface area contributed by atoms with Crippen molar-refractivity contribution in [2.75, 3.05) is 13.1 Å². The Morgan fingerprint density at radius 3 is 2.76 bits per heavy atom. The molecule has 134 valence electrons. The fraction of sp³-hybridized carbons (Fsp3) is 0.500. The van der Waals surface area contributed by atoms with E-state index in [9.17, 15) is 9.59 Å². The molecule has 1 aliphatic rings. The van der Waals surface area contributed by atoms with E-state index in [1.165, 1.54) is 24.0 Å². The standard InChI is InChI=1S/C20H26N2O2S/c1-14(12-21-19(23)8-5-15-3-2-4-15)13-22-20(24)17-6-7-18-16(11-17)9-10-25-18/h6-7,9-11,14-15H,2-5,8,12-13H2,1H3,(H,21,23)(H,22,24). The van der Waals surface area contributed by atoms with Gasteiger partial charge in [0, 0.05) is 29.8 Å². The van der Waals surface area contributed by atoms with Crippen LogP contribution in [0, 0.1) is 11.8 Å². The first-order valence-corrected chi connectivity index (χ1v) is 10.0. The molecule has 0 radical (unpaired) electrons. The van der Waals surface area contributed by atoms with Gasteiger partial charge in [0.15, 0.2) is 0 Å². The molecule has 0 spiro atoms. The van der Waals surface area contributed by atoms with Gasteiger partial charge >= 0.3 is 0 Å². The van der Waals surface area contributed by atoms with Crippen LogP contribution >= 0.6 is 11.3 Å². The maximum absolute atomic E-state index is 12.3. The Kier molecular flexibility index (Phi) is 6.08. The zero-order valence-corrected chi connectivity index (χ0v) is 15.5. The van der Waals surface area contributed by atoms with E-state index in [1.54, 1.807) is 11.3 Å². The van der Waals surface area contributed by atoms with E-state index in [1.807, 2.05) is 36.6 Å². The number of carbonyl (C=O) groups excluding carboxylic acids is 2. The fourth-order valence-corrected chi connectivity index (χ4v) is 3.81. The molecular formula is C20H26N2O2S. The first kappa shape index (κ1) is 17.9. The maximum Gasteiger partial charge on any atom is 0.251 e. The van der Waals surface area contributed by atoms with Crippen molar-refractivity contribution in [3.63, 3.8) is 0 Å². The number of carbonyl (C=O) groups is 2. The Labute approximate surface area is 153 Å². The van der Waals surface area contributed by atoms with E-state index in [-0.39, 0.29) is 17.7 Å². The van der Waals surface area contributed by atoms with E-state index in [4.69, 9.17) is 0 Å². The number of fused-ring (bicyclic) bond motifs is 1. The number of rotatable bonds is 8. The predicted octanol–water partition coefficient (Wildman–Crippen LogP) is 3.96. The minimum Gasteiger partial charge on any atom is -0.356 e. The molecule has 1 unspecified atom stereocenters. The van der Waals surface area contributed by atoms with Gasteiger partial charge in [-0.3, -0.25) is 9.59 Å². The minimum absolute atomic E-state index is 0.0590. The van der Waals surface area contributed by atoms with Crippen molar-refractivity contribution in [1.29, 1.82) is 0 Å². The molecule has 2 N–H and O–H groups in total. The number of amides is 2. The minimum atomic E-state index is -0.0590. The van der Waals surface area contributed by atoms with E-state index in [2.05, 4.69) is 10.6 Å². The lowest BCUT2D eigenvalue weighted by atomic mass is 9.82. The number of thiophene rings is 1. The second-order valence-corrected chi connectivity index (χ2v) is 8.08. The lowest BCUT2D eigenvalue weighted by Gasteiger charge is -2.24. The van der Waals surface area contributed by atoms with Crippen LogP contribution < -0.4 is 10.6 Å². The monoisotopic (exact) mass is 358 g/mol. The Balaban J connectivity index is 1.36. The van der Waals surface area contributed by atoms with Crippen LogP contribution in [0.25, 0.3) is 10.1 Å². The average molecular weight is 359 g/mol. The van der Waals surface area contributed by atoms with Crippen molar-refractivity contribution in [2.45, 2.75) is 39.0 Å². The summed E-state index contributed by atoms with van der Waals surface area (Å²) in [5.41, 5.74) is 0.683. The zero-order valence-electron chi connectivity index (χ0n) is 14.7. The summed E-state index contributed by atoms with van der Waals surface area (Å²) >= 11 is 1.67. The molecule has 1 aromatic heterocycles. The zero-order chi connectivity index (χ0) is 17.6. The molecule has 0 bridgehead atoms. The van der Waals surface area contributed by atoms with E-state index >= 15 is 0 Å².